The summed E-state index contributed by atoms with van der Waals surface area (Å²) in [4.78, 5) is 3.30. The van der Waals surface area contributed by atoms with Crippen molar-refractivity contribution in [3.05, 3.63) is 64.0 Å². The Labute approximate surface area is 155 Å². The normalized spacial score (nSPS) is 19.9. The third-order valence-corrected chi connectivity index (χ3v) is 5.33. The zero-order chi connectivity index (χ0) is 17.3. The van der Waals surface area contributed by atoms with Gasteiger partial charge in [-0.2, -0.15) is 6.57 Å². The number of hydrogen-bond acceptors (Lipinski definition) is 3. The molecule has 4 nitrogen and oxygen atoms in total. The lowest BCUT2D eigenvalue weighted by Gasteiger charge is -2.41. The fourth-order valence-corrected chi connectivity index (χ4v) is 3.93. The van der Waals surface area contributed by atoms with Crippen LogP contribution in [-0.2, 0) is 4.74 Å². The molecule has 0 amide bonds. The van der Waals surface area contributed by atoms with Gasteiger partial charge in [0, 0.05) is 29.3 Å². The first-order valence-corrected chi connectivity index (χ1v) is 9.09. The van der Waals surface area contributed by atoms with Crippen LogP contribution in [0.1, 0.15) is 24.8 Å². The van der Waals surface area contributed by atoms with Gasteiger partial charge >= 0.3 is 0 Å². The van der Waals surface area contributed by atoms with E-state index in [9.17, 15) is 0 Å². The molecule has 0 radical (unpaired) electrons. The Balaban J connectivity index is 1.77. The van der Waals surface area contributed by atoms with Crippen molar-refractivity contribution in [3.8, 4) is 16.9 Å². The highest BCUT2D eigenvalue weighted by Crippen LogP contribution is 2.41. The molecule has 126 valence electrons. The van der Waals surface area contributed by atoms with E-state index >= 15 is 0 Å². The van der Waals surface area contributed by atoms with E-state index in [4.69, 9.17) is 16.0 Å². The summed E-state index contributed by atoms with van der Waals surface area (Å²) < 4.78 is 12.9. The topological polar surface area (TPSA) is 35.2 Å². The summed E-state index contributed by atoms with van der Waals surface area (Å²) in [5, 5.41) is 4.11. The second-order valence-electron chi connectivity index (χ2n) is 6.44. The zero-order valence-corrected chi connectivity index (χ0v) is 15.3. The predicted molar refractivity (Wildman–Crippen MR) is 101 cm³/mol. The summed E-state index contributed by atoms with van der Waals surface area (Å²) in [7, 11) is 0. The van der Waals surface area contributed by atoms with Gasteiger partial charge in [0.05, 0.1) is 18.3 Å². The second kappa shape index (κ2) is 6.62. The first-order valence-electron chi connectivity index (χ1n) is 8.30. The minimum Gasteiger partial charge on any atom is -0.486 e. The van der Waals surface area contributed by atoms with Crippen molar-refractivity contribution in [1.82, 2.24) is 0 Å². The third kappa shape index (κ3) is 3.20. The molecule has 2 heterocycles. The fourth-order valence-electron chi connectivity index (χ4n) is 3.53. The number of halogens is 1. The Morgan fingerprint density at radius 3 is 2.64 bits per heavy atom. The maximum Gasteiger partial charge on any atom is 0.138 e. The summed E-state index contributed by atoms with van der Waals surface area (Å²) in [6.45, 7) is 8.58. The van der Waals surface area contributed by atoms with E-state index in [1.165, 1.54) is 0 Å². The van der Waals surface area contributed by atoms with Crippen LogP contribution in [0.3, 0.4) is 0 Å². The Morgan fingerprint density at radius 1 is 1.08 bits per heavy atom. The van der Waals surface area contributed by atoms with Crippen molar-refractivity contribution < 1.29 is 9.47 Å². The molecule has 0 aliphatic carbocycles. The highest BCUT2D eigenvalue weighted by Gasteiger charge is 2.41. The number of benzene rings is 2. The van der Waals surface area contributed by atoms with Gasteiger partial charge in [-0.3, -0.25) is 0 Å². The van der Waals surface area contributed by atoms with Crippen LogP contribution in [0.15, 0.2) is 52.0 Å². The number of nitrogens with zero attached hydrogens (tertiary/aromatic N) is 2. The van der Waals surface area contributed by atoms with Crippen molar-refractivity contribution in [3.63, 3.8) is 0 Å². The van der Waals surface area contributed by atoms with Gasteiger partial charge < -0.3 is 9.47 Å². The van der Waals surface area contributed by atoms with Crippen LogP contribution in [0.4, 0.5) is 0 Å². The van der Waals surface area contributed by atoms with E-state index in [2.05, 4.69) is 50.3 Å². The molecule has 0 aromatic heterocycles. The summed E-state index contributed by atoms with van der Waals surface area (Å²) in [5.41, 5.74) is 3.65. The lowest BCUT2D eigenvalue weighted by atomic mass is 9.83. The molecule has 25 heavy (non-hydrogen) atoms. The van der Waals surface area contributed by atoms with Crippen molar-refractivity contribution >= 4 is 21.6 Å². The van der Waals surface area contributed by atoms with Crippen LogP contribution < -0.4 is 4.74 Å². The molecule has 0 atom stereocenters. The standard InChI is InChI=1S/C20H17BrN2O2/c1-22-23-18-13-20(7-9-24-10-8-20)25-19-6-5-15(12-17(18)19)14-3-2-4-16(21)11-14/h2-6,11-12H,7-10,13H2/b23-18+. The Morgan fingerprint density at radius 2 is 1.88 bits per heavy atom. The van der Waals surface area contributed by atoms with Crippen LogP contribution in [0.5, 0.6) is 5.75 Å². The predicted octanol–water partition coefficient (Wildman–Crippen LogP) is 5.07. The molecule has 0 unspecified atom stereocenters. The maximum atomic E-state index is 7.19. The quantitative estimate of drug-likeness (QED) is 0.498. The molecule has 1 spiro atoms. The number of ether oxygens (including phenoxy) is 2. The first-order chi connectivity index (χ1) is 12.2. The molecule has 0 saturated carbocycles. The van der Waals surface area contributed by atoms with Crippen LogP contribution in [0.2, 0.25) is 0 Å². The number of fused-ring (bicyclic) bond motifs is 1. The van der Waals surface area contributed by atoms with E-state index in [1.807, 2.05) is 18.2 Å². The van der Waals surface area contributed by atoms with E-state index in [1.54, 1.807) is 0 Å². The van der Waals surface area contributed by atoms with E-state index in [0.29, 0.717) is 19.6 Å². The lowest BCUT2D eigenvalue weighted by Crippen LogP contribution is -2.46. The smallest absolute Gasteiger partial charge is 0.138 e. The van der Waals surface area contributed by atoms with Crippen molar-refractivity contribution in [2.75, 3.05) is 13.2 Å². The Hall–Kier alpha value is -2.16. The van der Waals surface area contributed by atoms with Gasteiger partial charge in [0.15, 0.2) is 0 Å². The van der Waals surface area contributed by atoms with Crippen LogP contribution >= 0.6 is 15.9 Å². The van der Waals surface area contributed by atoms with Crippen LogP contribution in [0.25, 0.3) is 16.1 Å². The minimum atomic E-state index is -0.286. The molecule has 4 rings (SSSR count). The first kappa shape index (κ1) is 16.3. The molecule has 1 fully saturated rings. The summed E-state index contributed by atoms with van der Waals surface area (Å²) in [6, 6.07) is 14.3. The Bertz CT molecular complexity index is 880. The van der Waals surface area contributed by atoms with E-state index in [-0.39, 0.29) is 5.60 Å². The molecule has 2 aromatic rings. The molecule has 2 aromatic carbocycles. The SMILES string of the molecule is [C-]#[N+]/N=C1\CC2(CCOCC2)Oc2ccc(-c3cccc(Br)c3)cc21. The largest absolute Gasteiger partial charge is 0.486 e. The molecule has 5 heteroatoms. The molecule has 0 bridgehead atoms. The average molecular weight is 397 g/mol. The monoisotopic (exact) mass is 396 g/mol. The molecule has 1 saturated heterocycles. The van der Waals surface area contributed by atoms with E-state index < -0.39 is 0 Å². The summed E-state index contributed by atoms with van der Waals surface area (Å²) in [5.74, 6) is 0.814. The maximum absolute atomic E-state index is 7.19. The van der Waals surface area contributed by atoms with Gasteiger partial charge in [0.2, 0.25) is 0 Å². The molecule has 2 aliphatic heterocycles. The van der Waals surface area contributed by atoms with Gasteiger partial charge in [-0.25, -0.2) is 0 Å². The number of hydrogen-bond donors (Lipinski definition) is 0. The van der Waals surface area contributed by atoms with Gasteiger partial charge in [0.25, 0.3) is 0 Å². The zero-order valence-electron chi connectivity index (χ0n) is 13.7. The van der Waals surface area contributed by atoms with E-state index in [0.717, 1.165) is 45.5 Å². The third-order valence-electron chi connectivity index (χ3n) is 4.84. The second-order valence-corrected chi connectivity index (χ2v) is 7.36. The highest BCUT2D eigenvalue weighted by atomic mass is 79.9. The van der Waals surface area contributed by atoms with Crippen molar-refractivity contribution in [1.29, 1.82) is 0 Å². The molecule has 0 N–H and O–H groups in total. The summed E-state index contributed by atoms with van der Waals surface area (Å²) in [6.07, 6.45) is 2.32. The van der Waals surface area contributed by atoms with Gasteiger partial charge in [0.1, 0.15) is 17.1 Å². The van der Waals surface area contributed by atoms with Gasteiger partial charge in [-0.15, -0.1) is 4.95 Å². The molecular weight excluding hydrogens is 380 g/mol. The fraction of sp³-hybridized carbons (Fsp3) is 0.300. The molecule has 2 aliphatic rings. The average Bonchev–Trinajstić information content (AvgIpc) is 2.62. The summed E-state index contributed by atoms with van der Waals surface area (Å²) >= 11 is 3.52. The molecular formula is C20H17BrN2O2. The number of rotatable bonds is 1. The van der Waals surface area contributed by atoms with Crippen molar-refractivity contribution in [2.45, 2.75) is 24.9 Å². The minimum absolute atomic E-state index is 0.286. The van der Waals surface area contributed by atoms with Crippen LogP contribution in [0, 0.1) is 6.57 Å². The van der Waals surface area contributed by atoms with Crippen LogP contribution in [-0.4, -0.2) is 24.5 Å². The van der Waals surface area contributed by atoms with Gasteiger partial charge in [-0.1, -0.05) is 34.1 Å². The van der Waals surface area contributed by atoms with Gasteiger partial charge in [-0.05, 0) is 35.4 Å². The lowest BCUT2D eigenvalue weighted by molar-refractivity contribution is -0.0441. The highest BCUT2D eigenvalue weighted by molar-refractivity contribution is 9.10. The Kier molecular flexibility index (Phi) is 4.32. The van der Waals surface area contributed by atoms with Crippen molar-refractivity contribution in [2.24, 2.45) is 5.10 Å².